The van der Waals surface area contributed by atoms with Gasteiger partial charge in [0.2, 0.25) is 0 Å². The van der Waals surface area contributed by atoms with E-state index >= 15 is 0 Å². The van der Waals surface area contributed by atoms with Gasteiger partial charge in [-0.2, -0.15) is 0 Å². The van der Waals surface area contributed by atoms with Crippen LogP contribution in [-0.4, -0.2) is 5.11 Å². The molecule has 0 bridgehead atoms. The normalized spacial score (nSPS) is 12.7. The van der Waals surface area contributed by atoms with Crippen molar-refractivity contribution in [3.63, 3.8) is 0 Å². The maximum atomic E-state index is 9.25. The first-order valence-corrected chi connectivity index (χ1v) is 4.87. The molecule has 0 spiro atoms. The molecule has 0 rings (SSSR count). The van der Waals surface area contributed by atoms with Gasteiger partial charge < -0.3 is 5.11 Å². The lowest BCUT2D eigenvalue weighted by Gasteiger charge is -1.91. The molecule has 0 unspecified atom stereocenters. The van der Waals surface area contributed by atoms with Crippen molar-refractivity contribution in [3.05, 3.63) is 24.0 Å². The predicted octanol–water partition coefficient (Wildman–Crippen LogP) is 3.97. The fourth-order valence-corrected chi connectivity index (χ4v) is 0.886. The summed E-state index contributed by atoms with van der Waals surface area (Å²) in [5.74, 6) is 0.410. The second-order valence-electron chi connectivity index (χ2n) is 2.96. The van der Waals surface area contributed by atoms with Crippen molar-refractivity contribution in [1.29, 1.82) is 0 Å². The molecule has 0 radical (unpaired) electrons. The molecule has 0 aromatic rings. The Bertz CT molecular complexity index is 145. The molecule has 0 heterocycles. The average Bonchev–Trinajstić information content (AvgIpc) is 2.09. The second-order valence-corrected chi connectivity index (χ2v) is 2.96. The van der Waals surface area contributed by atoms with Gasteiger partial charge in [-0.05, 0) is 25.0 Å². The fraction of sp³-hybridized carbons (Fsp3) is 0.636. The van der Waals surface area contributed by atoms with Gasteiger partial charge in [0.1, 0.15) is 5.76 Å². The Morgan fingerprint density at radius 1 is 1.17 bits per heavy atom. The Hall–Kier alpha value is -0.720. The Labute approximate surface area is 75.8 Å². The molecule has 1 N–H and O–H groups in total. The van der Waals surface area contributed by atoms with Crippen molar-refractivity contribution in [1.82, 2.24) is 0 Å². The monoisotopic (exact) mass is 168 g/mol. The van der Waals surface area contributed by atoms with E-state index in [0.717, 1.165) is 19.3 Å². The minimum Gasteiger partial charge on any atom is -0.508 e. The number of hydrogen-bond acceptors (Lipinski definition) is 1. The van der Waals surface area contributed by atoms with Gasteiger partial charge in [0.15, 0.2) is 0 Å². The number of unbranched alkanes of at least 4 members (excludes halogenated alkanes) is 3. The van der Waals surface area contributed by atoms with Crippen LogP contribution in [0.4, 0.5) is 0 Å². The zero-order valence-corrected chi connectivity index (χ0v) is 8.21. The zero-order valence-electron chi connectivity index (χ0n) is 8.21. The molecule has 12 heavy (non-hydrogen) atoms. The van der Waals surface area contributed by atoms with Crippen LogP contribution in [0, 0.1) is 0 Å². The Morgan fingerprint density at radius 2 is 1.92 bits per heavy atom. The third-order valence-electron chi connectivity index (χ3n) is 1.66. The molecule has 0 saturated heterocycles. The molecule has 0 saturated carbocycles. The molecule has 0 aliphatic carbocycles. The largest absolute Gasteiger partial charge is 0.508 e. The first-order valence-electron chi connectivity index (χ1n) is 4.87. The summed E-state index contributed by atoms with van der Waals surface area (Å²) in [5, 5.41) is 9.25. The smallest absolute Gasteiger partial charge is 0.111 e. The predicted molar refractivity (Wildman–Crippen MR) is 54.3 cm³/mol. The van der Waals surface area contributed by atoms with E-state index in [9.17, 15) is 5.11 Å². The second kappa shape index (κ2) is 8.38. The quantitative estimate of drug-likeness (QED) is 0.361. The van der Waals surface area contributed by atoms with Crippen LogP contribution in [0.15, 0.2) is 24.0 Å². The molecule has 0 fully saturated rings. The summed E-state index contributed by atoms with van der Waals surface area (Å²) < 4.78 is 0. The topological polar surface area (TPSA) is 20.2 Å². The Balaban J connectivity index is 3.52. The lowest BCUT2D eigenvalue weighted by atomic mass is 10.2. The van der Waals surface area contributed by atoms with E-state index in [1.807, 2.05) is 12.2 Å². The highest BCUT2D eigenvalue weighted by molar-refractivity contribution is 5.09. The van der Waals surface area contributed by atoms with Crippen LogP contribution in [-0.2, 0) is 0 Å². The van der Waals surface area contributed by atoms with Crippen molar-refractivity contribution in [2.24, 2.45) is 0 Å². The highest BCUT2D eigenvalue weighted by Gasteiger charge is 1.83. The molecule has 0 atom stereocenters. The summed E-state index contributed by atoms with van der Waals surface area (Å²) in [6, 6.07) is 0. The first kappa shape index (κ1) is 11.3. The van der Waals surface area contributed by atoms with Crippen molar-refractivity contribution in [2.75, 3.05) is 0 Å². The maximum Gasteiger partial charge on any atom is 0.111 e. The van der Waals surface area contributed by atoms with Gasteiger partial charge in [-0.3, -0.25) is 0 Å². The van der Waals surface area contributed by atoms with E-state index in [-0.39, 0.29) is 0 Å². The molecule has 0 aliphatic heterocycles. The first-order chi connectivity index (χ1) is 5.81. The summed E-state index contributed by atoms with van der Waals surface area (Å²) in [7, 11) is 0. The summed E-state index contributed by atoms with van der Waals surface area (Å²) >= 11 is 0. The van der Waals surface area contributed by atoms with Gasteiger partial charge in [0.25, 0.3) is 0 Å². The van der Waals surface area contributed by atoms with Crippen LogP contribution in [0.2, 0.25) is 0 Å². The zero-order chi connectivity index (χ0) is 9.23. The number of hydrogen-bond donors (Lipinski definition) is 1. The molecule has 0 aliphatic rings. The molecule has 0 aromatic carbocycles. The van der Waals surface area contributed by atoms with Gasteiger partial charge in [0.05, 0.1) is 0 Å². The Morgan fingerprint density at radius 3 is 2.50 bits per heavy atom. The highest BCUT2D eigenvalue weighted by atomic mass is 16.3. The SMILES string of the molecule is CCC/C=C(O)/C=C/CCCC. The lowest BCUT2D eigenvalue weighted by Crippen LogP contribution is -1.75. The molecular formula is C11H20O. The summed E-state index contributed by atoms with van der Waals surface area (Å²) in [4.78, 5) is 0. The molecule has 1 nitrogen and oxygen atoms in total. The Kier molecular flexibility index (Phi) is 7.87. The number of rotatable bonds is 6. The summed E-state index contributed by atoms with van der Waals surface area (Å²) in [5.41, 5.74) is 0. The molecule has 0 aromatic heterocycles. The number of allylic oxidation sites excluding steroid dienone is 3. The van der Waals surface area contributed by atoms with Crippen LogP contribution in [0.1, 0.15) is 46.0 Å². The molecule has 0 amide bonds. The molecular weight excluding hydrogens is 148 g/mol. The van der Waals surface area contributed by atoms with E-state index in [1.165, 1.54) is 12.8 Å². The van der Waals surface area contributed by atoms with Crippen molar-refractivity contribution in [3.8, 4) is 0 Å². The molecule has 1 heteroatoms. The minimum atomic E-state index is 0.410. The van der Waals surface area contributed by atoms with E-state index in [0.29, 0.717) is 5.76 Å². The van der Waals surface area contributed by atoms with Crippen LogP contribution in [0.5, 0.6) is 0 Å². The van der Waals surface area contributed by atoms with Crippen molar-refractivity contribution < 1.29 is 5.11 Å². The third-order valence-corrected chi connectivity index (χ3v) is 1.66. The van der Waals surface area contributed by atoms with Gasteiger partial charge in [-0.25, -0.2) is 0 Å². The van der Waals surface area contributed by atoms with Crippen LogP contribution >= 0.6 is 0 Å². The average molecular weight is 168 g/mol. The van der Waals surface area contributed by atoms with Crippen LogP contribution < -0.4 is 0 Å². The number of aliphatic hydroxyl groups excluding tert-OH is 1. The van der Waals surface area contributed by atoms with E-state index in [4.69, 9.17) is 0 Å². The van der Waals surface area contributed by atoms with Gasteiger partial charge in [-0.1, -0.05) is 39.2 Å². The van der Waals surface area contributed by atoms with Gasteiger partial charge in [0, 0.05) is 0 Å². The van der Waals surface area contributed by atoms with E-state index in [2.05, 4.69) is 13.8 Å². The van der Waals surface area contributed by atoms with Crippen molar-refractivity contribution >= 4 is 0 Å². The minimum absolute atomic E-state index is 0.410. The summed E-state index contributed by atoms with van der Waals surface area (Å²) in [6.07, 6.45) is 11.2. The van der Waals surface area contributed by atoms with Gasteiger partial charge in [-0.15, -0.1) is 0 Å². The fourth-order valence-electron chi connectivity index (χ4n) is 0.886. The third kappa shape index (κ3) is 7.39. The van der Waals surface area contributed by atoms with Crippen LogP contribution in [0.25, 0.3) is 0 Å². The highest BCUT2D eigenvalue weighted by Crippen LogP contribution is 2.00. The number of aliphatic hydroxyl groups is 1. The summed E-state index contributed by atoms with van der Waals surface area (Å²) in [6.45, 7) is 4.27. The molecule has 70 valence electrons. The van der Waals surface area contributed by atoms with Crippen LogP contribution in [0.3, 0.4) is 0 Å². The van der Waals surface area contributed by atoms with E-state index < -0.39 is 0 Å². The van der Waals surface area contributed by atoms with Crippen molar-refractivity contribution in [2.45, 2.75) is 46.0 Å². The van der Waals surface area contributed by atoms with Gasteiger partial charge >= 0.3 is 0 Å². The maximum absolute atomic E-state index is 9.25. The van der Waals surface area contributed by atoms with E-state index in [1.54, 1.807) is 6.08 Å². The standard InChI is InChI=1S/C11H20O/c1-3-5-7-8-10-11(12)9-6-4-2/h8-10,12H,3-7H2,1-2H3/b10-8+,11-9-. The lowest BCUT2D eigenvalue weighted by molar-refractivity contribution is 0.429.